The summed E-state index contributed by atoms with van der Waals surface area (Å²) in [5.41, 5.74) is 6.78. The fourth-order valence-corrected chi connectivity index (χ4v) is 5.42. The molecule has 0 spiro atoms. The number of piperazine rings is 1. The van der Waals surface area contributed by atoms with E-state index in [9.17, 15) is 4.39 Å². The van der Waals surface area contributed by atoms with E-state index in [1.807, 2.05) is 20.0 Å². The van der Waals surface area contributed by atoms with Gasteiger partial charge >= 0.3 is 0 Å². The second-order valence-electron chi connectivity index (χ2n) is 9.79. The highest BCUT2D eigenvalue weighted by Crippen LogP contribution is 2.32. The average Bonchev–Trinajstić information content (AvgIpc) is 3.67. The molecule has 2 aliphatic heterocycles. The first-order chi connectivity index (χ1) is 18.5. The van der Waals surface area contributed by atoms with Crippen molar-refractivity contribution in [1.29, 1.82) is 0 Å². The second kappa shape index (κ2) is 10.0. The van der Waals surface area contributed by atoms with Crippen LogP contribution in [-0.2, 0) is 0 Å². The van der Waals surface area contributed by atoms with Crippen molar-refractivity contribution in [2.45, 2.75) is 38.3 Å². The molecule has 2 atom stereocenters. The summed E-state index contributed by atoms with van der Waals surface area (Å²) in [6.07, 6.45) is 7.61. The summed E-state index contributed by atoms with van der Waals surface area (Å²) < 4.78 is 27.1. The molecule has 0 bridgehead atoms. The molecule has 4 aromatic rings. The van der Waals surface area contributed by atoms with Gasteiger partial charge in [-0.3, -0.25) is 4.90 Å². The van der Waals surface area contributed by atoms with Gasteiger partial charge in [0, 0.05) is 57.4 Å². The van der Waals surface area contributed by atoms with E-state index in [2.05, 4.69) is 39.7 Å². The Labute approximate surface area is 219 Å². The molecule has 0 radical (unpaired) electrons. The number of fused-ring (bicyclic) bond motifs is 2. The number of halogens is 1. The van der Waals surface area contributed by atoms with Crippen molar-refractivity contribution in [3.63, 3.8) is 0 Å². The van der Waals surface area contributed by atoms with Crippen molar-refractivity contribution in [3.8, 4) is 17.5 Å². The van der Waals surface area contributed by atoms with Gasteiger partial charge in [0.25, 0.3) is 5.89 Å². The minimum absolute atomic E-state index is 0.244. The number of nitrogens with zero attached hydrogens (tertiary/aromatic N) is 9. The number of oxazole rings is 1. The Bertz CT molecular complexity index is 1410. The topological polar surface area (TPSA) is 127 Å². The molecule has 2 aliphatic rings. The van der Waals surface area contributed by atoms with E-state index in [0.29, 0.717) is 47.6 Å². The van der Waals surface area contributed by atoms with E-state index >= 15 is 0 Å². The van der Waals surface area contributed by atoms with Gasteiger partial charge in [0.15, 0.2) is 17.3 Å². The second-order valence-corrected chi connectivity index (χ2v) is 9.79. The summed E-state index contributed by atoms with van der Waals surface area (Å²) in [5, 5.41) is 4.36. The molecule has 0 aliphatic carbocycles. The first-order valence-electron chi connectivity index (χ1n) is 12.9. The molecule has 2 fully saturated rings. The van der Waals surface area contributed by atoms with Crippen LogP contribution in [0.2, 0.25) is 0 Å². The predicted molar refractivity (Wildman–Crippen MR) is 140 cm³/mol. The third-order valence-electron chi connectivity index (χ3n) is 7.24. The van der Waals surface area contributed by atoms with Crippen LogP contribution < -0.4 is 20.3 Å². The lowest BCUT2D eigenvalue weighted by Gasteiger charge is -2.41. The van der Waals surface area contributed by atoms with Crippen LogP contribution in [0.4, 0.5) is 22.0 Å². The maximum absolute atomic E-state index is 14.8. The SMILES string of the molecule is CCCOc1cnc(N2CCN3[C@H](CC[C@H]3CN(C)c3cc4nc(-c5ncco5)nn4c(N)n3)C2)c(F)c1. The highest BCUT2D eigenvalue weighted by molar-refractivity contribution is 5.58. The molecule has 12 nitrogen and oxygen atoms in total. The molecule has 13 heteroatoms. The largest absolute Gasteiger partial charge is 0.492 e. The Morgan fingerprint density at radius 3 is 2.89 bits per heavy atom. The maximum Gasteiger partial charge on any atom is 0.266 e. The van der Waals surface area contributed by atoms with Crippen LogP contribution in [0.5, 0.6) is 5.75 Å². The molecule has 4 aromatic heterocycles. The van der Waals surface area contributed by atoms with Gasteiger partial charge in [-0.1, -0.05) is 6.92 Å². The van der Waals surface area contributed by atoms with Crippen molar-refractivity contribution < 1.29 is 13.5 Å². The summed E-state index contributed by atoms with van der Waals surface area (Å²) in [6, 6.07) is 4.01. The van der Waals surface area contributed by atoms with Crippen molar-refractivity contribution in [2.75, 3.05) is 55.4 Å². The monoisotopic (exact) mass is 522 g/mol. The van der Waals surface area contributed by atoms with E-state index in [-0.39, 0.29) is 11.8 Å². The minimum atomic E-state index is -0.333. The minimum Gasteiger partial charge on any atom is -0.492 e. The average molecular weight is 523 g/mol. The van der Waals surface area contributed by atoms with Gasteiger partial charge < -0.3 is 24.7 Å². The zero-order valence-electron chi connectivity index (χ0n) is 21.5. The smallest absolute Gasteiger partial charge is 0.266 e. The van der Waals surface area contributed by atoms with Crippen LogP contribution in [0, 0.1) is 5.82 Å². The quantitative estimate of drug-likeness (QED) is 0.367. The molecule has 38 heavy (non-hydrogen) atoms. The molecule has 6 rings (SSSR count). The molecule has 2 saturated heterocycles. The molecule has 0 saturated carbocycles. The molecular formula is C25H31FN10O2. The third kappa shape index (κ3) is 4.57. The first kappa shape index (κ1) is 24.3. The zero-order chi connectivity index (χ0) is 26.2. The Morgan fingerprint density at radius 1 is 1.21 bits per heavy atom. The van der Waals surface area contributed by atoms with E-state index in [4.69, 9.17) is 14.9 Å². The van der Waals surface area contributed by atoms with Gasteiger partial charge in [-0.15, -0.1) is 5.10 Å². The van der Waals surface area contributed by atoms with Gasteiger partial charge in [-0.05, 0) is 19.3 Å². The lowest BCUT2D eigenvalue weighted by Crippen LogP contribution is -2.54. The first-order valence-corrected chi connectivity index (χ1v) is 12.9. The third-order valence-corrected chi connectivity index (χ3v) is 7.24. The molecule has 6 heterocycles. The number of hydrogen-bond donors (Lipinski definition) is 1. The summed E-state index contributed by atoms with van der Waals surface area (Å²) in [6.45, 7) is 5.67. The maximum atomic E-state index is 14.8. The normalized spacial score (nSPS) is 19.7. The molecule has 0 unspecified atom stereocenters. The van der Waals surface area contributed by atoms with Crippen LogP contribution in [0.15, 0.2) is 35.2 Å². The number of nitrogens with two attached hydrogens (primary N) is 1. The van der Waals surface area contributed by atoms with Gasteiger partial charge in [-0.2, -0.15) is 9.50 Å². The van der Waals surface area contributed by atoms with Crippen molar-refractivity contribution in [3.05, 3.63) is 36.6 Å². The van der Waals surface area contributed by atoms with Crippen molar-refractivity contribution in [2.24, 2.45) is 0 Å². The fourth-order valence-electron chi connectivity index (χ4n) is 5.42. The fraction of sp³-hybridized carbons (Fsp3) is 0.480. The Morgan fingerprint density at radius 2 is 2.11 bits per heavy atom. The van der Waals surface area contributed by atoms with Crippen LogP contribution in [0.3, 0.4) is 0 Å². The highest BCUT2D eigenvalue weighted by atomic mass is 19.1. The Hall–Kier alpha value is -4.00. The number of nitrogen functional groups attached to an aromatic ring is 1. The summed E-state index contributed by atoms with van der Waals surface area (Å²) in [4.78, 5) is 24.2. The van der Waals surface area contributed by atoms with Crippen molar-refractivity contribution >= 4 is 23.2 Å². The lowest BCUT2D eigenvalue weighted by molar-refractivity contribution is 0.177. The van der Waals surface area contributed by atoms with E-state index in [1.54, 1.807) is 12.4 Å². The highest BCUT2D eigenvalue weighted by Gasteiger charge is 2.38. The predicted octanol–water partition coefficient (Wildman–Crippen LogP) is 2.47. The molecular weight excluding hydrogens is 491 g/mol. The van der Waals surface area contributed by atoms with Crippen molar-refractivity contribution in [1.82, 2.24) is 34.4 Å². The number of anilines is 3. The molecule has 2 N–H and O–H groups in total. The molecule has 0 aromatic carbocycles. The van der Waals surface area contributed by atoms with Crippen LogP contribution in [-0.4, -0.2) is 86.4 Å². The number of ether oxygens (including phenoxy) is 1. The summed E-state index contributed by atoms with van der Waals surface area (Å²) in [5.74, 6) is 2.19. The number of aromatic nitrogens is 6. The van der Waals surface area contributed by atoms with Gasteiger partial charge in [0.05, 0.1) is 19.0 Å². The van der Waals surface area contributed by atoms with Gasteiger partial charge in [-0.25, -0.2) is 19.3 Å². The van der Waals surface area contributed by atoms with Crippen LogP contribution >= 0.6 is 0 Å². The Balaban J connectivity index is 1.11. The molecule has 200 valence electrons. The standard InChI is InChI=1S/C25H31FN10O2/c1-3-9-37-18-11-19(26)23(29-13-18)34-7-8-35-16(4-5-17(35)15-34)14-33(2)20-12-21-30-22(24-28-6-10-38-24)32-36(21)25(27)31-20/h6,10-13,16-17H,3-5,7-9,14-15H2,1-2H3,(H2,27,31)/t16-,17+/m0/s1. The van der Waals surface area contributed by atoms with E-state index in [1.165, 1.54) is 16.8 Å². The molecule has 0 amide bonds. The van der Waals surface area contributed by atoms with E-state index < -0.39 is 0 Å². The van der Waals surface area contributed by atoms with Crippen LogP contribution in [0.1, 0.15) is 26.2 Å². The summed E-state index contributed by atoms with van der Waals surface area (Å²) in [7, 11) is 2.01. The van der Waals surface area contributed by atoms with Gasteiger partial charge in [0.1, 0.15) is 17.8 Å². The number of hydrogen-bond acceptors (Lipinski definition) is 11. The zero-order valence-corrected chi connectivity index (χ0v) is 21.5. The summed E-state index contributed by atoms with van der Waals surface area (Å²) >= 11 is 0. The van der Waals surface area contributed by atoms with Crippen LogP contribution in [0.25, 0.3) is 17.4 Å². The number of pyridine rings is 1. The number of rotatable bonds is 8. The van der Waals surface area contributed by atoms with E-state index in [0.717, 1.165) is 51.3 Å². The Kier molecular flexibility index (Phi) is 6.44. The number of likely N-dealkylation sites (N-methyl/N-ethyl adjacent to an activating group) is 1. The van der Waals surface area contributed by atoms with Gasteiger partial charge in [0.2, 0.25) is 11.8 Å². The lowest BCUT2D eigenvalue weighted by atomic mass is 10.1.